The van der Waals surface area contributed by atoms with Crippen molar-refractivity contribution in [1.82, 2.24) is 5.43 Å². The Kier molecular flexibility index (Phi) is 4.18. The molecule has 3 N–H and O–H groups in total. The maximum absolute atomic E-state index is 12.0. The van der Waals surface area contributed by atoms with E-state index < -0.39 is 17.8 Å². The molecule has 0 saturated carbocycles. The lowest BCUT2D eigenvalue weighted by molar-refractivity contribution is -0.147. The van der Waals surface area contributed by atoms with Crippen LogP contribution in [0.15, 0.2) is 42.5 Å². The largest absolute Gasteiger partial charge is 0.481 e. The molecular formula is C14H16N2O3. The van der Waals surface area contributed by atoms with Gasteiger partial charge in [0.1, 0.15) is 0 Å². The summed E-state index contributed by atoms with van der Waals surface area (Å²) in [6.07, 6.45) is 4.53. The maximum atomic E-state index is 12.0. The quantitative estimate of drug-likeness (QED) is 0.569. The molecule has 0 unspecified atom stereocenters. The number of carboxylic acid groups (broad SMARTS) is 1. The predicted molar refractivity (Wildman–Crippen MR) is 71.2 cm³/mol. The van der Waals surface area contributed by atoms with Gasteiger partial charge in [-0.05, 0) is 25.0 Å². The first-order valence-electron chi connectivity index (χ1n) is 6.17. The van der Waals surface area contributed by atoms with Gasteiger partial charge in [-0.15, -0.1) is 0 Å². The fraction of sp³-hybridized carbons (Fsp3) is 0.286. The molecule has 19 heavy (non-hydrogen) atoms. The van der Waals surface area contributed by atoms with Crippen molar-refractivity contribution in [2.24, 2.45) is 11.8 Å². The number of rotatable bonds is 4. The second kappa shape index (κ2) is 6.04. The average molecular weight is 260 g/mol. The van der Waals surface area contributed by atoms with Crippen LogP contribution in [0.5, 0.6) is 0 Å². The number of hydrazine groups is 1. The molecule has 0 saturated heterocycles. The molecule has 1 aromatic carbocycles. The number of carboxylic acids is 1. The molecule has 1 aromatic rings. The number of para-hydroxylation sites is 1. The van der Waals surface area contributed by atoms with Gasteiger partial charge in [-0.2, -0.15) is 0 Å². The molecular weight excluding hydrogens is 244 g/mol. The predicted octanol–water partition coefficient (Wildman–Crippen LogP) is 1.80. The summed E-state index contributed by atoms with van der Waals surface area (Å²) < 4.78 is 0. The Morgan fingerprint density at radius 2 is 1.68 bits per heavy atom. The lowest BCUT2D eigenvalue weighted by Crippen LogP contribution is -2.41. The van der Waals surface area contributed by atoms with E-state index in [4.69, 9.17) is 5.11 Å². The Balaban J connectivity index is 1.95. The molecule has 2 rings (SSSR count). The fourth-order valence-electron chi connectivity index (χ4n) is 2.12. The molecule has 0 aliphatic heterocycles. The standard InChI is InChI=1S/C14H16N2O3/c17-13(16-15-10-6-2-1-3-7-10)11-8-4-5-9-12(11)14(18)19/h1-7,11-12,15H,8-9H2,(H,16,17)(H,18,19)/t11-,12-/m1/s1. The summed E-state index contributed by atoms with van der Waals surface area (Å²) in [5, 5.41) is 9.11. The number of nitrogens with one attached hydrogen (secondary N) is 2. The second-order valence-electron chi connectivity index (χ2n) is 4.47. The van der Waals surface area contributed by atoms with E-state index in [1.807, 2.05) is 42.5 Å². The van der Waals surface area contributed by atoms with Gasteiger partial charge in [-0.1, -0.05) is 30.4 Å². The van der Waals surface area contributed by atoms with Gasteiger partial charge in [0, 0.05) is 0 Å². The van der Waals surface area contributed by atoms with Gasteiger partial charge in [0.25, 0.3) is 0 Å². The van der Waals surface area contributed by atoms with Crippen LogP contribution in [0.3, 0.4) is 0 Å². The van der Waals surface area contributed by atoms with Crippen LogP contribution >= 0.6 is 0 Å². The number of carbonyl (C=O) groups is 2. The Morgan fingerprint density at radius 1 is 1.05 bits per heavy atom. The second-order valence-corrected chi connectivity index (χ2v) is 4.47. The summed E-state index contributed by atoms with van der Waals surface area (Å²) in [6, 6.07) is 9.20. The summed E-state index contributed by atoms with van der Waals surface area (Å²) in [5.41, 5.74) is 6.11. The molecule has 1 aliphatic rings. The third-order valence-electron chi connectivity index (χ3n) is 3.19. The zero-order valence-corrected chi connectivity index (χ0v) is 10.4. The summed E-state index contributed by atoms with van der Waals surface area (Å²) in [7, 11) is 0. The molecule has 2 atom stereocenters. The number of hydrogen-bond donors (Lipinski definition) is 3. The summed E-state index contributed by atoms with van der Waals surface area (Å²) in [6.45, 7) is 0. The third kappa shape index (κ3) is 3.34. The minimum absolute atomic E-state index is 0.291. The van der Waals surface area contributed by atoms with Crippen LogP contribution in [0.2, 0.25) is 0 Å². The van der Waals surface area contributed by atoms with Crippen molar-refractivity contribution in [2.75, 3.05) is 5.43 Å². The van der Waals surface area contributed by atoms with Gasteiger partial charge < -0.3 is 5.11 Å². The summed E-state index contributed by atoms with van der Waals surface area (Å²) >= 11 is 0. The molecule has 100 valence electrons. The Bertz CT molecular complexity index is 485. The van der Waals surface area contributed by atoms with Crippen molar-refractivity contribution in [1.29, 1.82) is 0 Å². The van der Waals surface area contributed by atoms with E-state index in [1.165, 1.54) is 0 Å². The molecule has 5 nitrogen and oxygen atoms in total. The zero-order valence-electron chi connectivity index (χ0n) is 10.4. The zero-order chi connectivity index (χ0) is 13.7. The molecule has 1 amide bonds. The van der Waals surface area contributed by atoms with E-state index in [9.17, 15) is 9.59 Å². The van der Waals surface area contributed by atoms with Crippen LogP contribution in [-0.2, 0) is 9.59 Å². The molecule has 0 bridgehead atoms. The molecule has 0 radical (unpaired) electrons. The van der Waals surface area contributed by atoms with E-state index in [0.29, 0.717) is 12.8 Å². The summed E-state index contributed by atoms with van der Waals surface area (Å²) in [4.78, 5) is 23.1. The van der Waals surface area contributed by atoms with Crippen molar-refractivity contribution in [3.05, 3.63) is 42.5 Å². The number of amides is 1. The van der Waals surface area contributed by atoms with Gasteiger partial charge in [-0.3, -0.25) is 20.4 Å². The van der Waals surface area contributed by atoms with E-state index in [1.54, 1.807) is 0 Å². The fourth-order valence-corrected chi connectivity index (χ4v) is 2.12. The normalized spacial score (nSPS) is 21.7. The van der Waals surface area contributed by atoms with E-state index in [0.717, 1.165) is 5.69 Å². The first-order chi connectivity index (χ1) is 9.18. The van der Waals surface area contributed by atoms with Crippen LogP contribution in [0.1, 0.15) is 12.8 Å². The third-order valence-corrected chi connectivity index (χ3v) is 3.19. The Hall–Kier alpha value is -2.30. The SMILES string of the molecule is O=C(O)[C@@H]1CC=CC[C@H]1C(=O)NNc1ccccc1. The first-order valence-corrected chi connectivity index (χ1v) is 6.17. The number of benzene rings is 1. The highest BCUT2D eigenvalue weighted by Crippen LogP contribution is 2.25. The van der Waals surface area contributed by atoms with Crippen LogP contribution < -0.4 is 10.9 Å². The molecule has 0 fully saturated rings. The number of aliphatic carboxylic acids is 1. The number of allylic oxidation sites excluding steroid dienone is 2. The maximum Gasteiger partial charge on any atom is 0.307 e. The van der Waals surface area contributed by atoms with E-state index in [-0.39, 0.29) is 5.91 Å². The van der Waals surface area contributed by atoms with Crippen molar-refractivity contribution in [3.8, 4) is 0 Å². The van der Waals surface area contributed by atoms with Crippen LogP contribution in [0.25, 0.3) is 0 Å². The lowest BCUT2D eigenvalue weighted by atomic mass is 9.82. The summed E-state index contributed by atoms with van der Waals surface area (Å²) in [5.74, 6) is -2.40. The molecule has 1 aliphatic carbocycles. The average Bonchev–Trinajstić information content (AvgIpc) is 2.46. The van der Waals surface area contributed by atoms with E-state index >= 15 is 0 Å². The minimum atomic E-state index is -0.927. The van der Waals surface area contributed by atoms with Crippen LogP contribution in [0.4, 0.5) is 5.69 Å². The van der Waals surface area contributed by atoms with Gasteiger partial charge in [0.05, 0.1) is 17.5 Å². The molecule has 0 heterocycles. The van der Waals surface area contributed by atoms with Crippen LogP contribution in [-0.4, -0.2) is 17.0 Å². The van der Waals surface area contributed by atoms with Crippen molar-refractivity contribution in [2.45, 2.75) is 12.8 Å². The number of carbonyl (C=O) groups excluding carboxylic acids is 1. The van der Waals surface area contributed by atoms with Crippen molar-refractivity contribution in [3.63, 3.8) is 0 Å². The monoisotopic (exact) mass is 260 g/mol. The lowest BCUT2D eigenvalue weighted by Gasteiger charge is -2.24. The van der Waals surface area contributed by atoms with Crippen LogP contribution in [0, 0.1) is 11.8 Å². The highest BCUT2D eigenvalue weighted by atomic mass is 16.4. The van der Waals surface area contributed by atoms with Gasteiger partial charge >= 0.3 is 5.97 Å². The van der Waals surface area contributed by atoms with Crippen molar-refractivity contribution < 1.29 is 14.7 Å². The van der Waals surface area contributed by atoms with Crippen molar-refractivity contribution >= 4 is 17.6 Å². The van der Waals surface area contributed by atoms with Gasteiger partial charge in [0.2, 0.25) is 5.91 Å². The Labute approximate surface area is 111 Å². The Morgan fingerprint density at radius 3 is 2.32 bits per heavy atom. The molecule has 5 heteroatoms. The van der Waals surface area contributed by atoms with Gasteiger partial charge in [-0.25, -0.2) is 0 Å². The molecule has 0 aromatic heterocycles. The minimum Gasteiger partial charge on any atom is -0.481 e. The highest BCUT2D eigenvalue weighted by molar-refractivity contribution is 5.86. The smallest absolute Gasteiger partial charge is 0.307 e. The van der Waals surface area contributed by atoms with E-state index in [2.05, 4.69) is 10.9 Å². The van der Waals surface area contributed by atoms with Gasteiger partial charge in [0.15, 0.2) is 0 Å². The number of hydrogen-bond acceptors (Lipinski definition) is 3. The number of anilines is 1. The first kappa shape index (κ1) is 13.1. The molecule has 0 spiro atoms. The topological polar surface area (TPSA) is 78.4 Å². The highest BCUT2D eigenvalue weighted by Gasteiger charge is 2.33.